The van der Waals surface area contributed by atoms with E-state index in [2.05, 4.69) is 34.5 Å². The zero-order valence-corrected chi connectivity index (χ0v) is 15.3. The highest BCUT2D eigenvalue weighted by Crippen LogP contribution is 2.27. The molecule has 3 rings (SSSR count). The largest absolute Gasteiger partial charge is 0.338 e. The van der Waals surface area contributed by atoms with E-state index in [1.165, 1.54) is 23.3 Å². The normalized spacial score (nSPS) is 23.6. The molecule has 2 aliphatic heterocycles. The fourth-order valence-corrected chi connectivity index (χ4v) is 3.91. The lowest BCUT2D eigenvalue weighted by molar-refractivity contribution is -0.0469. The summed E-state index contributed by atoms with van der Waals surface area (Å²) in [7, 11) is 0. The minimum atomic E-state index is -2.61. The number of amides is 2. The summed E-state index contributed by atoms with van der Waals surface area (Å²) in [4.78, 5) is 16.2. The molecule has 2 heterocycles. The van der Waals surface area contributed by atoms with Gasteiger partial charge in [0.05, 0.1) is 0 Å². The number of nitrogens with one attached hydrogen (secondary N) is 1. The maximum Gasteiger partial charge on any atom is 0.317 e. The second kappa shape index (κ2) is 8.80. The van der Waals surface area contributed by atoms with Crippen LogP contribution >= 0.6 is 0 Å². The third kappa shape index (κ3) is 5.40. The van der Waals surface area contributed by atoms with E-state index in [1.54, 1.807) is 0 Å². The molecule has 0 radical (unpaired) electrons. The van der Waals surface area contributed by atoms with Gasteiger partial charge in [0, 0.05) is 45.1 Å². The smallest absolute Gasteiger partial charge is 0.317 e. The van der Waals surface area contributed by atoms with Crippen LogP contribution in [0.15, 0.2) is 30.3 Å². The van der Waals surface area contributed by atoms with Crippen molar-refractivity contribution in [1.29, 1.82) is 0 Å². The van der Waals surface area contributed by atoms with Gasteiger partial charge in [-0.1, -0.05) is 36.8 Å². The second-order valence-electron chi connectivity index (χ2n) is 7.47. The molecular weight excluding hydrogens is 336 g/mol. The van der Waals surface area contributed by atoms with Crippen molar-refractivity contribution in [3.05, 3.63) is 35.9 Å². The van der Waals surface area contributed by atoms with E-state index in [0.717, 1.165) is 25.9 Å². The van der Waals surface area contributed by atoms with E-state index in [0.29, 0.717) is 12.6 Å². The van der Waals surface area contributed by atoms with Crippen LogP contribution in [0.2, 0.25) is 0 Å². The number of carbonyl (C=O) groups excluding carboxylic acids is 1. The minimum absolute atomic E-state index is 0.141. The van der Waals surface area contributed by atoms with Gasteiger partial charge < -0.3 is 10.2 Å². The van der Waals surface area contributed by atoms with Crippen molar-refractivity contribution < 1.29 is 13.6 Å². The molecule has 1 aromatic carbocycles. The predicted molar refractivity (Wildman–Crippen MR) is 98.3 cm³/mol. The van der Waals surface area contributed by atoms with Gasteiger partial charge in [-0.25, -0.2) is 13.6 Å². The lowest BCUT2D eigenvalue weighted by Crippen LogP contribution is -2.48. The number of urea groups is 1. The van der Waals surface area contributed by atoms with Crippen LogP contribution in [-0.2, 0) is 6.54 Å². The first kappa shape index (κ1) is 19.1. The van der Waals surface area contributed by atoms with Gasteiger partial charge in [-0.3, -0.25) is 4.90 Å². The molecule has 0 bridgehead atoms. The van der Waals surface area contributed by atoms with Crippen LogP contribution in [0.4, 0.5) is 13.6 Å². The molecule has 0 aromatic heterocycles. The predicted octanol–water partition coefficient (Wildman–Crippen LogP) is 3.87. The number of hydrogen-bond donors (Lipinski definition) is 1. The number of likely N-dealkylation sites (tertiary alicyclic amines) is 2. The van der Waals surface area contributed by atoms with Gasteiger partial charge in [-0.05, 0) is 31.4 Å². The van der Waals surface area contributed by atoms with Crippen LogP contribution in [0.5, 0.6) is 0 Å². The average molecular weight is 365 g/mol. The molecular formula is C20H29F2N3O. The highest BCUT2D eigenvalue weighted by molar-refractivity contribution is 5.74. The van der Waals surface area contributed by atoms with Crippen molar-refractivity contribution >= 4 is 6.03 Å². The highest BCUT2D eigenvalue weighted by atomic mass is 19.3. The molecule has 2 saturated heterocycles. The Hall–Kier alpha value is -1.69. The van der Waals surface area contributed by atoms with Crippen LogP contribution in [0.1, 0.15) is 44.1 Å². The third-order valence-corrected chi connectivity index (χ3v) is 5.51. The van der Waals surface area contributed by atoms with Gasteiger partial charge in [0.15, 0.2) is 0 Å². The minimum Gasteiger partial charge on any atom is -0.338 e. The monoisotopic (exact) mass is 365 g/mol. The van der Waals surface area contributed by atoms with Gasteiger partial charge in [-0.2, -0.15) is 0 Å². The molecule has 2 amide bonds. The van der Waals surface area contributed by atoms with Crippen LogP contribution in [0, 0.1) is 0 Å². The molecule has 1 aromatic rings. The number of alkyl halides is 2. The SMILES string of the molecule is O=C(NCCC1CCCCN1Cc1ccccc1)N1CCC(F)(F)CC1. The Balaban J connectivity index is 1.43. The molecule has 1 unspecified atom stereocenters. The van der Waals surface area contributed by atoms with E-state index in [9.17, 15) is 13.6 Å². The molecule has 144 valence electrons. The second-order valence-corrected chi connectivity index (χ2v) is 7.47. The van der Waals surface area contributed by atoms with Crippen molar-refractivity contribution in [2.75, 3.05) is 26.2 Å². The maximum atomic E-state index is 13.2. The summed E-state index contributed by atoms with van der Waals surface area (Å²) < 4.78 is 26.4. The Morgan fingerprint density at radius 2 is 1.85 bits per heavy atom. The van der Waals surface area contributed by atoms with Crippen LogP contribution in [-0.4, -0.2) is 54.0 Å². The standard InChI is InChI=1S/C20H29F2N3O/c21-20(22)10-14-24(15-11-20)19(26)23-12-9-18-8-4-5-13-25(18)16-17-6-2-1-3-7-17/h1-3,6-7,18H,4-5,8-16H2,(H,23,26). The molecule has 2 aliphatic rings. The zero-order chi connectivity index (χ0) is 18.4. The number of halogens is 2. The van der Waals surface area contributed by atoms with Crippen molar-refractivity contribution in [3.8, 4) is 0 Å². The van der Waals surface area contributed by atoms with Gasteiger partial charge in [0.25, 0.3) is 5.92 Å². The van der Waals surface area contributed by atoms with Crippen LogP contribution < -0.4 is 5.32 Å². The molecule has 6 heteroatoms. The summed E-state index contributed by atoms with van der Waals surface area (Å²) in [6.45, 7) is 2.92. The van der Waals surface area contributed by atoms with E-state index in [4.69, 9.17) is 0 Å². The molecule has 1 atom stereocenters. The topological polar surface area (TPSA) is 35.6 Å². The number of hydrogen-bond acceptors (Lipinski definition) is 2. The quantitative estimate of drug-likeness (QED) is 0.860. The van der Waals surface area contributed by atoms with Crippen molar-refractivity contribution in [1.82, 2.24) is 15.1 Å². The molecule has 0 aliphatic carbocycles. The zero-order valence-electron chi connectivity index (χ0n) is 15.3. The Kier molecular flexibility index (Phi) is 6.46. The number of carbonyl (C=O) groups is 1. The van der Waals surface area contributed by atoms with Crippen molar-refractivity contribution in [2.24, 2.45) is 0 Å². The highest BCUT2D eigenvalue weighted by Gasteiger charge is 2.35. The Morgan fingerprint density at radius 1 is 1.12 bits per heavy atom. The van der Waals surface area contributed by atoms with Gasteiger partial charge >= 0.3 is 6.03 Å². The fourth-order valence-electron chi connectivity index (χ4n) is 3.91. The first-order chi connectivity index (χ1) is 12.5. The average Bonchev–Trinajstić information content (AvgIpc) is 2.64. The first-order valence-corrected chi connectivity index (χ1v) is 9.72. The molecule has 26 heavy (non-hydrogen) atoms. The number of piperidine rings is 2. The van der Waals surface area contributed by atoms with Crippen molar-refractivity contribution in [3.63, 3.8) is 0 Å². The van der Waals surface area contributed by atoms with Crippen molar-refractivity contribution in [2.45, 2.75) is 57.0 Å². The summed E-state index contributed by atoms with van der Waals surface area (Å²) in [6, 6.07) is 10.7. The first-order valence-electron chi connectivity index (χ1n) is 9.72. The Bertz CT molecular complexity index is 572. The number of rotatable bonds is 5. The van der Waals surface area contributed by atoms with Crippen LogP contribution in [0.3, 0.4) is 0 Å². The Morgan fingerprint density at radius 3 is 2.58 bits per heavy atom. The molecule has 0 spiro atoms. The molecule has 2 fully saturated rings. The van der Waals surface area contributed by atoms with Gasteiger partial charge in [0.2, 0.25) is 0 Å². The number of benzene rings is 1. The summed E-state index contributed by atoms with van der Waals surface area (Å²) in [5.41, 5.74) is 1.32. The van der Waals surface area contributed by atoms with Gasteiger partial charge in [-0.15, -0.1) is 0 Å². The van der Waals surface area contributed by atoms with E-state index < -0.39 is 5.92 Å². The van der Waals surface area contributed by atoms with E-state index in [1.807, 2.05) is 6.07 Å². The lowest BCUT2D eigenvalue weighted by Gasteiger charge is -2.36. The summed E-state index contributed by atoms with van der Waals surface area (Å²) in [5.74, 6) is -2.61. The number of nitrogens with zero attached hydrogens (tertiary/aromatic N) is 2. The summed E-state index contributed by atoms with van der Waals surface area (Å²) >= 11 is 0. The Labute approximate surface area is 154 Å². The van der Waals surface area contributed by atoms with E-state index >= 15 is 0 Å². The van der Waals surface area contributed by atoms with Gasteiger partial charge in [0.1, 0.15) is 0 Å². The summed E-state index contributed by atoms with van der Waals surface area (Å²) in [6.07, 6.45) is 4.05. The molecule has 0 saturated carbocycles. The van der Waals surface area contributed by atoms with Crippen LogP contribution in [0.25, 0.3) is 0 Å². The fraction of sp³-hybridized carbons (Fsp3) is 0.650. The lowest BCUT2D eigenvalue weighted by atomic mass is 9.98. The third-order valence-electron chi connectivity index (χ3n) is 5.51. The maximum absolute atomic E-state index is 13.2. The van der Waals surface area contributed by atoms with E-state index in [-0.39, 0.29) is 32.0 Å². The molecule has 4 nitrogen and oxygen atoms in total. The summed E-state index contributed by atoms with van der Waals surface area (Å²) in [5, 5.41) is 2.93. The molecule has 1 N–H and O–H groups in total.